The standard InChI is InChI=1S/C9H13NO.BF4/c11-9-8-2-6-1-7(3-8)5-10(9)4-6;2-1(3,4)5/h6-8H,1-5H2;/q;-1/p+1/t6-,7+,8?;. The van der Waals surface area contributed by atoms with E-state index in [9.17, 15) is 22.1 Å². The minimum absolute atomic E-state index is 0.469. The number of amides is 1. The van der Waals surface area contributed by atoms with Gasteiger partial charge in [0, 0.05) is 11.8 Å². The predicted molar refractivity (Wildman–Crippen MR) is 50.2 cm³/mol. The number of hydrogen-bond donors (Lipinski definition) is 1. The number of halogens is 4. The Balaban J connectivity index is 0.000000168. The van der Waals surface area contributed by atoms with Crippen molar-refractivity contribution in [3.05, 3.63) is 0 Å². The maximum Gasteiger partial charge on any atom is 0.673 e. The lowest BCUT2D eigenvalue weighted by atomic mass is 9.68. The van der Waals surface area contributed by atoms with Crippen LogP contribution in [0, 0.1) is 17.8 Å². The number of carbonyl (C=O) groups is 1. The highest BCUT2D eigenvalue weighted by Crippen LogP contribution is 2.36. The Kier molecular flexibility index (Phi) is 2.98. The monoisotopic (exact) mass is 239 g/mol. The van der Waals surface area contributed by atoms with Crippen LogP contribution in [0.1, 0.15) is 19.3 Å². The largest absolute Gasteiger partial charge is 0.673 e. The van der Waals surface area contributed by atoms with Gasteiger partial charge in [-0.3, -0.25) is 4.90 Å². The van der Waals surface area contributed by atoms with E-state index in [-0.39, 0.29) is 0 Å². The van der Waals surface area contributed by atoms with Gasteiger partial charge in [0.15, 0.2) is 0 Å². The van der Waals surface area contributed by atoms with E-state index in [2.05, 4.69) is 0 Å². The van der Waals surface area contributed by atoms with E-state index < -0.39 is 7.25 Å². The lowest BCUT2D eigenvalue weighted by Gasteiger charge is -2.46. The average molecular weight is 239 g/mol. The highest BCUT2D eigenvalue weighted by Gasteiger charge is 2.50. The van der Waals surface area contributed by atoms with Crippen molar-refractivity contribution in [1.29, 1.82) is 0 Å². The quantitative estimate of drug-likeness (QED) is 0.489. The lowest BCUT2D eigenvalue weighted by Crippen LogP contribution is -3.20. The van der Waals surface area contributed by atoms with Crippen LogP contribution in [0.3, 0.4) is 0 Å². The molecule has 1 saturated carbocycles. The molecule has 1 amide bonds. The summed E-state index contributed by atoms with van der Waals surface area (Å²) in [5.41, 5.74) is 0. The topological polar surface area (TPSA) is 21.5 Å². The molecule has 4 fully saturated rings. The Bertz CT molecular complexity index is 258. The molecule has 7 heteroatoms. The molecule has 1 aliphatic carbocycles. The third kappa shape index (κ3) is 2.75. The molecule has 0 radical (unpaired) electrons. The van der Waals surface area contributed by atoms with Crippen molar-refractivity contribution >= 4 is 13.2 Å². The van der Waals surface area contributed by atoms with Gasteiger partial charge in [-0.25, -0.2) is 4.79 Å². The van der Waals surface area contributed by atoms with Gasteiger partial charge in [0.25, 0.3) is 0 Å². The van der Waals surface area contributed by atoms with Crippen LogP contribution in [-0.4, -0.2) is 26.3 Å². The summed E-state index contributed by atoms with van der Waals surface area (Å²) in [7, 11) is -6.00. The van der Waals surface area contributed by atoms with Crippen molar-refractivity contribution < 1.29 is 27.0 Å². The molecule has 92 valence electrons. The highest BCUT2D eigenvalue weighted by molar-refractivity contribution is 6.50. The summed E-state index contributed by atoms with van der Waals surface area (Å²) in [6.07, 6.45) is 3.87. The van der Waals surface area contributed by atoms with E-state index in [1.54, 1.807) is 0 Å². The third-order valence-corrected chi connectivity index (χ3v) is 3.69. The maximum absolute atomic E-state index is 11.5. The minimum atomic E-state index is -6.00. The SMILES string of the molecule is F[B-](F)(F)F.O=C1C2C[C@@H]3C[C@H](C2)C[NH+]1C3. The van der Waals surface area contributed by atoms with Crippen LogP contribution in [-0.2, 0) is 4.79 Å². The van der Waals surface area contributed by atoms with Gasteiger partial charge in [0.1, 0.15) is 0 Å². The zero-order valence-corrected chi connectivity index (χ0v) is 8.77. The van der Waals surface area contributed by atoms with E-state index in [0.717, 1.165) is 24.9 Å². The van der Waals surface area contributed by atoms with Crippen molar-refractivity contribution in [3.8, 4) is 0 Å². The number of quaternary nitrogens is 1. The van der Waals surface area contributed by atoms with Gasteiger partial charge >= 0.3 is 13.2 Å². The molecule has 3 saturated heterocycles. The second-order valence-corrected chi connectivity index (χ2v) is 5.01. The summed E-state index contributed by atoms with van der Waals surface area (Å²) in [5, 5.41) is 0. The summed E-state index contributed by atoms with van der Waals surface area (Å²) in [4.78, 5) is 12.8. The van der Waals surface area contributed by atoms with Crippen molar-refractivity contribution in [2.75, 3.05) is 13.1 Å². The van der Waals surface area contributed by atoms with Gasteiger partial charge in [0.2, 0.25) is 0 Å². The van der Waals surface area contributed by atoms with E-state index in [1.165, 1.54) is 24.2 Å². The van der Waals surface area contributed by atoms with Crippen LogP contribution in [0.15, 0.2) is 0 Å². The molecule has 4 aliphatic rings. The molecule has 16 heavy (non-hydrogen) atoms. The zero-order valence-electron chi connectivity index (χ0n) is 8.77. The fourth-order valence-corrected chi connectivity index (χ4v) is 3.38. The number of rotatable bonds is 0. The molecule has 4 atom stereocenters. The van der Waals surface area contributed by atoms with Gasteiger partial charge < -0.3 is 17.3 Å². The van der Waals surface area contributed by atoms with Gasteiger partial charge in [0.05, 0.1) is 19.0 Å². The van der Waals surface area contributed by atoms with Crippen molar-refractivity contribution in [1.82, 2.24) is 0 Å². The maximum atomic E-state index is 11.5. The molecule has 2 unspecified atom stereocenters. The van der Waals surface area contributed by atoms with Crippen LogP contribution >= 0.6 is 0 Å². The molecule has 3 aliphatic heterocycles. The molecule has 4 bridgehead atoms. The van der Waals surface area contributed by atoms with Gasteiger partial charge in [-0.05, 0) is 19.3 Å². The summed E-state index contributed by atoms with van der Waals surface area (Å²) >= 11 is 0. The smallest absolute Gasteiger partial charge is 0.418 e. The zero-order chi connectivity index (χ0) is 11.9. The summed E-state index contributed by atoms with van der Waals surface area (Å²) in [6, 6.07) is 0. The first kappa shape index (κ1) is 11.9. The molecule has 4 rings (SSSR count). The fourth-order valence-electron chi connectivity index (χ4n) is 3.38. The molecule has 3 heterocycles. The van der Waals surface area contributed by atoms with E-state index in [1.807, 2.05) is 0 Å². The minimum Gasteiger partial charge on any atom is -0.418 e. The molecule has 2 nitrogen and oxygen atoms in total. The highest BCUT2D eigenvalue weighted by atomic mass is 19.5. The third-order valence-electron chi connectivity index (χ3n) is 3.69. The van der Waals surface area contributed by atoms with Crippen molar-refractivity contribution in [2.45, 2.75) is 19.3 Å². The number of carbonyl (C=O) groups excluding carboxylic acids is 1. The van der Waals surface area contributed by atoms with E-state index in [4.69, 9.17) is 0 Å². The molecule has 0 aromatic rings. The van der Waals surface area contributed by atoms with E-state index in [0.29, 0.717) is 11.8 Å². The lowest BCUT2D eigenvalue weighted by molar-refractivity contribution is -0.848. The fraction of sp³-hybridized carbons (Fsp3) is 0.889. The van der Waals surface area contributed by atoms with Gasteiger partial charge in [-0.15, -0.1) is 0 Å². The van der Waals surface area contributed by atoms with Crippen molar-refractivity contribution in [3.63, 3.8) is 0 Å². The predicted octanol–water partition coefficient (Wildman–Crippen LogP) is 0.758. The Morgan fingerprint density at radius 2 is 1.44 bits per heavy atom. The summed E-state index contributed by atoms with van der Waals surface area (Å²) in [6.45, 7) is 2.32. The Morgan fingerprint density at radius 3 is 1.81 bits per heavy atom. The molecule has 0 aromatic heterocycles. The van der Waals surface area contributed by atoms with E-state index >= 15 is 0 Å². The Labute approximate surface area is 91.1 Å². The van der Waals surface area contributed by atoms with Crippen LogP contribution in [0.5, 0.6) is 0 Å². The van der Waals surface area contributed by atoms with Crippen LogP contribution in [0.25, 0.3) is 0 Å². The normalized spacial score (nSPS) is 40.6. The first-order chi connectivity index (χ1) is 7.33. The first-order valence-electron chi connectivity index (χ1n) is 5.59. The second-order valence-electron chi connectivity index (χ2n) is 5.01. The molecule has 1 N–H and O–H groups in total. The van der Waals surface area contributed by atoms with Crippen LogP contribution in [0.4, 0.5) is 17.3 Å². The molecular formula is C9H14BF4NO. The second kappa shape index (κ2) is 4.02. The molecule has 0 spiro atoms. The Hall–Kier alpha value is -0.585. The first-order valence-corrected chi connectivity index (χ1v) is 5.59. The average Bonchev–Trinajstić information content (AvgIpc) is 2.09. The molecular weight excluding hydrogens is 225 g/mol. The Morgan fingerprint density at radius 1 is 1.00 bits per heavy atom. The molecule has 0 aromatic carbocycles. The number of hydrogen-bond acceptors (Lipinski definition) is 1. The number of piperidine rings is 3. The van der Waals surface area contributed by atoms with Gasteiger partial charge in [-0.2, -0.15) is 0 Å². The number of nitrogens with one attached hydrogen (secondary N) is 1. The summed E-state index contributed by atoms with van der Waals surface area (Å²) < 4.78 is 39.0. The van der Waals surface area contributed by atoms with Crippen LogP contribution < -0.4 is 4.90 Å². The van der Waals surface area contributed by atoms with Gasteiger partial charge in [-0.1, -0.05) is 0 Å². The summed E-state index contributed by atoms with van der Waals surface area (Å²) in [5.74, 6) is 2.81. The van der Waals surface area contributed by atoms with Crippen LogP contribution in [0.2, 0.25) is 0 Å². The van der Waals surface area contributed by atoms with Crippen molar-refractivity contribution in [2.24, 2.45) is 17.8 Å².